The maximum atomic E-state index is 12.7. The topological polar surface area (TPSA) is 15.3 Å². The summed E-state index contributed by atoms with van der Waals surface area (Å²) in [6, 6.07) is 0.868. The Morgan fingerprint density at radius 3 is 2.05 bits per heavy atom. The molecular weight excluding hydrogens is 265 g/mol. The van der Waals surface area contributed by atoms with Gasteiger partial charge in [0.2, 0.25) is 0 Å². The van der Waals surface area contributed by atoms with E-state index >= 15 is 0 Å². The summed E-state index contributed by atoms with van der Waals surface area (Å²) in [7, 11) is 1.99. The van der Waals surface area contributed by atoms with Crippen molar-refractivity contribution in [2.75, 3.05) is 20.1 Å². The Morgan fingerprint density at radius 2 is 1.50 bits per heavy atom. The molecule has 0 amide bonds. The lowest BCUT2D eigenvalue weighted by Gasteiger charge is -2.42. The van der Waals surface area contributed by atoms with E-state index in [-0.39, 0.29) is 12.8 Å². The molecule has 118 valence electrons. The zero-order valence-electron chi connectivity index (χ0n) is 12.4. The third-order valence-electron chi connectivity index (χ3n) is 5.06. The van der Waals surface area contributed by atoms with Gasteiger partial charge < -0.3 is 5.32 Å². The van der Waals surface area contributed by atoms with Gasteiger partial charge in [0.15, 0.2) is 0 Å². The van der Waals surface area contributed by atoms with Crippen LogP contribution in [0.15, 0.2) is 0 Å². The highest BCUT2D eigenvalue weighted by Crippen LogP contribution is 2.35. The molecule has 1 N–H and O–H groups in total. The summed E-state index contributed by atoms with van der Waals surface area (Å²) >= 11 is 0. The SMILES string of the molecule is CNC1CCCCCCC1N1CCC(C(F)(F)F)CC1. The number of likely N-dealkylation sites (N-methyl/N-ethyl adjacent to an activating group) is 1. The van der Waals surface area contributed by atoms with Gasteiger partial charge in [0.25, 0.3) is 0 Å². The van der Waals surface area contributed by atoms with E-state index in [0.717, 1.165) is 12.8 Å². The maximum absolute atomic E-state index is 12.7. The number of piperidine rings is 1. The monoisotopic (exact) mass is 292 g/mol. The van der Waals surface area contributed by atoms with E-state index in [4.69, 9.17) is 0 Å². The van der Waals surface area contributed by atoms with Gasteiger partial charge in [-0.25, -0.2) is 0 Å². The molecule has 0 aromatic rings. The fourth-order valence-corrected chi connectivity index (χ4v) is 3.80. The molecule has 0 aromatic heterocycles. The molecule has 0 radical (unpaired) electrons. The molecule has 2 unspecified atom stereocenters. The standard InChI is InChI=1S/C15H27F3N2/c1-19-13-6-4-2-3-5-7-14(13)20-10-8-12(9-11-20)15(16,17)18/h12-14,19H,2-11H2,1H3. The Kier molecular flexibility index (Phi) is 5.73. The molecule has 2 rings (SSSR count). The number of hydrogen-bond donors (Lipinski definition) is 1. The molecule has 0 aromatic carbocycles. The van der Waals surface area contributed by atoms with Crippen LogP contribution in [0.5, 0.6) is 0 Å². The van der Waals surface area contributed by atoms with Gasteiger partial charge in [0, 0.05) is 12.1 Å². The van der Waals surface area contributed by atoms with Gasteiger partial charge in [-0.15, -0.1) is 0 Å². The number of rotatable bonds is 2. The number of likely N-dealkylation sites (tertiary alicyclic amines) is 1. The third-order valence-corrected chi connectivity index (χ3v) is 5.06. The first kappa shape index (κ1) is 16.1. The van der Waals surface area contributed by atoms with E-state index in [9.17, 15) is 13.2 Å². The van der Waals surface area contributed by atoms with Gasteiger partial charge in [-0.3, -0.25) is 4.90 Å². The molecule has 1 aliphatic heterocycles. The third kappa shape index (κ3) is 4.10. The Bertz CT molecular complexity index is 285. The second-order valence-electron chi connectivity index (χ2n) is 6.31. The lowest BCUT2D eigenvalue weighted by molar-refractivity contribution is -0.186. The van der Waals surface area contributed by atoms with Gasteiger partial charge >= 0.3 is 6.18 Å². The summed E-state index contributed by atoms with van der Waals surface area (Å²) in [5.41, 5.74) is 0. The Balaban J connectivity index is 1.92. The lowest BCUT2D eigenvalue weighted by atomic mass is 9.88. The highest BCUT2D eigenvalue weighted by atomic mass is 19.4. The van der Waals surface area contributed by atoms with Crippen LogP contribution in [-0.2, 0) is 0 Å². The first-order valence-electron chi connectivity index (χ1n) is 8.00. The van der Waals surface area contributed by atoms with E-state index in [1.165, 1.54) is 25.7 Å². The van der Waals surface area contributed by atoms with Crippen LogP contribution in [0.2, 0.25) is 0 Å². The summed E-state index contributed by atoms with van der Waals surface area (Å²) in [4.78, 5) is 2.31. The summed E-state index contributed by atoms with van der Waals surface area (Å²) < 4.78 is 38.2. The molecule has 2 atom stereocenters. The molecule has 1 saturated heterocycles. The molecule has 1 aliphatic carbocycles. The van der Waals surface area contributed by atoms with Gasteiger partial charge in [-0.1, -0.05) is 25.7 Å². The van der Waals surface area contributed by atoms with Crippen molar-refractivity contribution in [1.29, 1.82) is 0 Å². The molecule has 20 heavy (non-hydrogen) atoms. The van der Waals surface area contributed by atoms with Gasteiger partial charge in [0.1, 0.15) is 0 Å². The molecule has 5 heteroatoms. The quantitative estimate of drug-likeness (QED) is 0.837. The molecule has 1 saturated carbocycles. The zero-order chi connectivity index (χ0) is 14.6. The van der Waals surface area contributed by atoms with Crippen LogP contribution in [0, 0.1) is 5.92 Å². The summed E-state index contributed by atoms with van der Waals surface area (Å²) in [6.07, 6.45) is 3.83. The van der Waals surface area contributed by atoms with Crippen LogP contribution in [0.4, 0.5) is 13.2 Å². The second-order valence-corrected chi connectivity index (χ2v) is 6.31. The smallest absolute Gasteiger partial charge is 0.315 e. The Labute approximate surface area is 120 Å². The van der Waals surface area contributed by atoms with E-state index < -0.39 is 12.1 Å². The van der Waals surface area contributed by atoms with Crippen molar-refractivity contribution in [3.63, 3.8) is 0 Å². The van der Waals surface area contributed by atoms with Crippen molar-refractivity contribution in [3.8, 4) is 0 Å². The molecule has 0 spiro atoms. The first-order chi connectivity index (χ1) is 9.52. The van der Waals surface area contributed by atoms with Crippen LogP contribution in [0.25, 0.3) is 0 Å². The van der Waals surface area contributed by atoms with Crippen molar-refractivity contribution >= 4 is 0 Å². The lowest BCUT2D eigenvalue weighted by Crippen LogP contribution is -2.53. The average Bonchev–Trinajstić information content (AvgIpc) is 2.38. The van der Waals surface area contributed by atoms with E-state index in [0.29, 0.717) is 25.2 Å². The predicted octanol–water partition coefficient (Wildman–Crippen LogP) is 3.57. The molecule has 2 fully saturated rings. The fourth-order valence-electron chi connectivity index (χ4n) is 3.80. The molecule has 2 nitrogen and oxygen atoms in total. The van der Waals surface area contributed by atoms with Crippen LogP contribution in [0.3, 0.4) is 0 Å². The molecule has 0 bridgehead atoms. The van der Waals surface area contributed by atoms with E-state index in [1.54, 1.807) is 0 Å². The fraction of sp³-hybridized carbons (Fsp3) is 1.00. The minimum absolute atomic E-state index is 0.274. The average molecular weight is 292 g/mol. The van der Waals surface area contributed by atoms with Crippen LogP contribution in [0.1, 0.15) is 51.4 Å². The summed E-state index contributed by atoms with van der Waals surface area (Å²) in [5, 5.41) is 3.40. The normalized spacial score (nSPS) is 31.8. The zero-order valence-corrected chi connectivity index (χ0v) is 12.4. The number of halogens is 3. The van der Waals surface area contributed by atoms with Crippen molar-refractivity contribution in [2.24, 2.45) is 5.92 Å². The number of alkyl halides is 3. The van der Waals surface area contributed by atoms with E-state index in [1.807, 2.05) is 7.05 Å². The van der Waals surface area contributed by atoms with Crippen molar-refractivity contribution < 1.29 is 13.2 Å². The first-order valence-corrected chi connectivity index (χ1v) is 8.00. The van der Waals surface area contributed by atoms with Crippen molar-refractivity contribution in [1.82, 2.24) is 10.2 Å². The predicted molar refractivity (Wildman–Crippen MR) is 74.7 cm³/mol. The number of hydrogen-bond acceptors (Lipinski definition) is 2. The van der Waals surface area contributed by atoms with Crippen LogP contribution in [-0.4, -0.2) is 43.3 Å². The van der Waals surface area contributed by atoms with Gasteiger partial charge in [-0.2, -0.15) is 13.2 Å². The number of nitrogens with zero attached hydrogens (tertiary/aromatic N) is 1. The summed E-state index contributed by atoms with van der Waals surface area (Å²) in [6.45, 7) is 1.21. The van der Waals surface area contributed by atoms with E-state index in [2.05, 4.69) is 10.2 Å². The number of nitrogens with one attached hydrogen (secondary N) is 1. The Morgan fingerprint density at radius 1 is 0.900 bits per heavy atom. The largest absolute Gasteiger partial charge is 0.391 e. The van der Waals surface area contributed by atoms with Crippen molar-refractivity contribution in [3.05, 3.63) is 0 Å². The molecular formula is C15H27F3N2. The minimum Gasteiger partial charge on any atom is -0.315 e. The second kappa shape index (κ2) is 7.12. The molecule has 2 aliphatic rings. The highest BCUT2D eigenvalue weighted by molar-refractivity contribution is 4.88. The maximum Gasteiger partial charge on any atom is 0.391 e. The summed E-state index contributed by atoms with van der Waals surface area (Å²) in [5.74, 6) is -1.08. The van der Waals surface area contributed by atoms with Crippen molar-refractivity contribution in [2.45, 2.75) is 69.6 Å². The van der Waals surface area contributed by atoms with Gasteiger partial charge in [0.05, 0.1) is 5.92 Å². The highest BCUT2D eigenvalue weighted by Gasteiger charge is 2.42. The van der Waals surface area contributed by atoms with Crippen LogP contribution < -0.4 is 5.32 Å². The molecule has 1 heterocycles. The van der Waals surface area contributed by atoms with Gasteiger partial charge in [-0.05, 0) is 45.8 Å². The Hall–Kier alpha value is -0.290. The minimum atomic E-state index is -4.00. The van der Waals surface area contributed by atoms with Crippen LogP contribution >= 0.6 is 0 Å².